The Bertz CT molecular complexity index is 583. The van der Waals surface area contributed by atoms with Gasteiger partial charge in [-0.2, -0.15) is 0 Å². The van der Waals surface area contributed by atoms with Crippen LogP contribution in [0.15, 0.2) is 48.7 Å². The van der Waals surface area contributed by atoms with E-state index in [1.54, 1.807) is 35.4 Å². The maximum atomic E-state index is 12.6. The Balaban J connectivity index is 2.26. The van der Waals surface area contributed by atoms with Crippen LogP contribution in [0.1, 0.15) is 35.9 Å². The summed E-state index contributed by atoms with van der Waals surface area (Å²) in [7, 11) is 0. The van der Waals surface area contributed by atoms with E-state index in [4.69, 9.17) is 5.73 Å². The lowest BCUT2D eigenvalue weighted by Gasteiger charge is -2.27. The Labute approximate surface area is 119 Å². The third-order valence-electron chi connectivity index (χ3n) is 3.32. The van der Waals surface area contributed by atoms with Crippen LogP contribution in [0.4, 0.5) is 5.69 Å². The normalized spacial score (nSPS) is 11.9. The van der Waals surface area contributed by atoms with E-state index in [2.05, 4.69) is 4.98 Å². The van der Waals surface area contributed by atoms with Crippen LogP contribution >= 0.6 is 0 Å². The molecule has 0 aliphatic carbocycles. The number of hydrogen-bond acceptors (Lipinski definition) is 3. The molecule has 20 heavy (non-hydrogen) atoms. The summed E-state index contributed by atoms with van der Waals surface area (Å²) in [5.41, 5.74) is 7.82. The van der Waals surface area contributed by atoms with Crippen LogP contribution in [-0.4, -0.2) is 22.3 Å². The van der Waals surface area contributed by atoms with Crippen LogP contribution in [0.25, 0.3) is 0 Å². The van der Waals surface area contributed by atoms with Crippen molar-refractivity contribution in [1.29, 1.82) is 0 Å². The lowest BCUT2D eigenvalue weighted by molar-refractivity contribution is 0.0699. The van der Waals surface area contributed by atoms with Crippen LogP contribution in [0.3, 0.4) is 0 Å². The zero-order valence-electron chi connectivity index (χ0n) is 11.8. The fraction of sp³-hybridized carbons (Fsp3) is 0.250. The van der Waals surface area contributed by atoms with Crippen molar-refractivity contribution in [3.63, 3.8) is 0 Å². The summed E-state index contributed by atoms with van der Waals surface area (Å²) in [6.07, 6.45) is 1.74. The van der Waals surface area contributed by atoms with E-state index in [1.165, 1.54) is 0 Å². The van der Waals surface area contributed by atoms with Crippen molar-refractivity contribution in [2.45, 2.75) is 19.9 Å². The van der Waals surface area contributed by atoms with Crippen molar-refractivity contribution in [2.24, 2.45) is 0 Å². The highest BCUT2D eigenvalue weighted by Gasteiger charge is 2.21. The van der Waals surface area contributed by atoms with Crippen molar-refractivity contribution in [3.8, 4) is 0 Å². The van der Waals surface area contributed by atoms with E-state index in [0.29, 0.717) is 17.8 Å². The molecule has 0 spiro atoms. The lowest BCUT2D eigenvalue weighted by atomic mass is 10.1. The molecule has 0 aliphatic rings. The average molecular weight is 269 g/mol. The molecule has 0 saturated heterocycles. The number of hydrogen-bond donors (Lipinski definition) is 1. The second-order valence-corrected chi connectivity index (χ2v) is 4.65. The summed E-state index contributed by atoms with van der Waals surface area (Å²) in [6.45, 7) is 4.56. The zero-order valence-corrected chi connectivity index (χ0v) is 11.8. The van der Waals surface area contributed by atoms with Gasteiger partial charge in [0.25, 0.3) is 5.91 Å². The molecule has 104 valence electrons. The Morgan fingerprint density at radius 2 is 2.10 bits per heavy atom. The van der Waals surface area contributed by atoms with Gasteiger partial charge in [0.1, 0.15) is 0 Å². The van der Waals surface area contributed by atoms with Gasteiger partial charge in [0.15, 0.2) is 0 Å². The standard InChI is InChI=1S/C16H19N3O/c1-3-19(12(2)15-9-4-5-10-18-15)16(20)13-7-6-8-14(17)11-13/h4-12H,3,17H2,1-2H3. The first kappa shape index (κ1) is 14.1. The molecule has 1 atom stereocenters. The van der Waals surface area contributed by atoms with Crippen molar-refractivity contribution in [1.82, 2.24) is 9.88 Å². The average Bonchev–Trinajstić information content (AvgIpc) is 2.48. The van der Waals surface area contributed by atoms with E-state index in [9.17, 15) is 4.79 Å². The highest BCUT2D eigenvalue weighted by molar-refractivity contribution is 5.95. The lowest BCUT2D eigenvalue weighted by Crippen LogP contribution is -2.33. The van der Waals surface area contributed by atoms with Crippen molar-refractivity contribution < 1.29 is 4.79 Å². The number of aromatic nitrogens is 1. The molecule has 0 fully saturated rings. The van der Waals surface area contributed by atoms with Gasteiger partial charge in [0.05, 0.1) is 11.7 Å². The van der Waals surface area contributed by atoms with Crippen LogP contribution < -0.4 is 5.73 Å². The molecule has 1 unspecified atom stereocenters. The number of anilines is 1. The highest BCUT2D eigenvalue weighted by Crippen LogP contribution is 2.20. The second kappa shape index (κ2) is 6.19. The van der Waals surface area contributed by atoms with Crippen LogP contribution in [0, 0.1) is 0 Å². The third kappa shape index (κ3) is 2.96. The predicted molar refractivity (Wildman–Crippen MR) is 80.2 cm³/mol. The molecule has 4 heteroatoms. The number of carbonyl (C=O) groups excluding carboxylic acids is 1. The molecule has 2 aromatic rings. The van der Waals surface area contributed by atoms with Crippen molar-refractivity contribution in [2.75, 3.05) is 12.3 Å². The van der Waals surface area contributed by atoms with Gasteiger partial charge in [-0.25, -0.2) is 0 Å². The molecule has 2 rings (SSSR count). The van der Waals surface area contributed by atoms with Gasteiger partial charge in [-0.15, -0.1) is 0 Å². The Morgan fingerprint density at radius 3 is 2.70 bits per heavy atom. The maximum Gasteiger partial charge on any atom is 0.254 e. The summed E-state index contributed by atoms with van der Waals surface area (Å²) in [5.74, 6) is -0.0297. The van der Waals surface area contributed by atoms with Gasteiger partial charge < -0.3 is 10.6 Å². The van der Waals surface area contributed by atoms with Crippen LogP contribution in [-0.2, 0) is 0 Å². The van der Waals surface area contributed by atoms with Crippen LogP contribution in [0.5, 0.6) is 0 Å². The smallest absolute Gasteiger partial charge is 0.254 e. The quantitative estimate of drug-likeness (QED) is 0.868. The fourth-order valence-electron chi connectivity index (χ4n) is 2.21. The van der Waals surface area contributed by atoms with Gasteiger partial charge in [0.2, 0.25) is 0 Å². The Hall–Kier alpha value is -2.36. The first-order chi connectivity index (χ1) is 9.63. The predicted octanol–water partition coefficient (Wildman–Crippen LogP) is 2.89. The third-order valence-corrected chi connectivity index (χ3v) is 3.32. The van der Waals surface area contributed by atoms with E-state index in [0.717, 1.165) is 5.69 Å². The molecule has 1 heterocycles. The van der Waals surface area contributed by atoms with E-state index >= 15 is 0 Å². The number of carbonyl (C=O) groups is 1. The SMILES string of the molecule is CCN(C(=O)c1cccc(N)c1)C(C)c1ccccn1. The van der Waals surface area contributed by atoms with Gasteiger partial charge in [-0.1, -0.05) is 12.1 Å². The molecular weight excluding hydrogens is 250 g/mol. The summed E-state index contributed by atoms with van der Waals surface area (Å²) in [4.78, 5) is 18.7. The summed E-state index contributed by atoms with van der Waals surface area (Å²) >= 11 is 0. The summed E-state index contributed by atoms with van der Waals surface area (Å²) in [5, 5.41) is 0. The molecule has 1 aromatic heterocycles. The van der Waals surface area contributed by atoms with E-state index < -0.39 is 0 Å². The van der Waals surface area contributed by atoms with E-state index in [1.807, 2.05) is 32.0 Å². The van der Waals surface area contributed by atoms with Gasteiger partial charge in [0, 0.05) is 24.0 Å². The maximum absolute atomic E-state index is 12.6. The molecule has 0 saturated carbocycles. The van der Waals surface area contributed by atoms with Crippen molar-refractivity contribution >= 4 is 11.6 Å². The number of nitrogens with two attached hydrogens (primary N) is 1. The highest BCUT2D eigenvalue weighted by atomic mass is 16.2. The number of nitrogen functional groups attached to an aromatic ring is 1. The number of amides is 1. The van der Waals surface area contributed by atoms with Gasteiger partial charge in [-0.05, 0) is 44.2 Å². The van der Waals surface area contributed by atoms with Crippen molar-refractivity contribution in [3.05, 3.63) is 59.9 Å². The zero-order chi connectivity index (χ0) is 14.5. The molecule has 0 radical (unpaired) electrons. The fourth-order valence-corrected chi connectivity index (χ4v) is 2.21. The number of pyridine rings is 1. The minimum atomic E-state index is -0.0740. The molecule has 0 bridgehead atoms. The molecular formula is C16H19N3O. The first-order valence-electron chi connectivity index (χ1n) is 6.71. The number of rotatable bonds is 4. The van der Waals surface area contributed by atoms with Gasteiger partial charge in [-0.3, -0.25) is 9.78 Å². The number of benzene rings is 1. The second-order valence-electron chi connectivity index (χ2n) is 4.65. The Kier molecular flexibility index (Phi) is 4.35. The van der Waals surface area contributed by atoms with Gasteiger partial charge >= 0.3 is 0 Å². The molecule has 1 aromatic carbocycles. The van der Waals surface area contributed by atoms with Crippen LogP contribution in [0.2, 0.25) is 0 Å². The molecule has 2 N–H and O–H groups in total. The minimum Gasteiger partial charge on any atom is -0.399 e. The molecule has 1 amide bonds. The molecule has 4 nitrogen and oxygen atoms in total. The molecule has 0 aliphatic heterocycles. The monoisotopic (exact) mass is 269 g/mol. The first-order valence-corrected chi connectivity index (χ1v) is 6.71. The topological polar surface area (TPSA) is 59.2 Å². The Morgan fingerprint density at radius 1 is 1.30 bits per heavy atom. The number of nitrogens with zero attached hydrogens (tertiary/aromatic N) is 2. The summed E-state index contributed by atoms with van der Waals surface area (Å²) in [6, 6.07) is 12.7. The summed E-state index contributed by atoms with van der Waals surface area (Å²) < 4.78 is 0. The largest absolute Gasteiger partial charge is 0.399 e. The minimum absolute atomic E-state index is 0.0297. The van der Waals surface area contributed by atoms with E-state index in [-0.39, 0.29) is 11.9 Å².